The van der Waals surface area contributed by atoms with E-state index in [-0.39, 0.29) is 24.1 Å². The van der Waals surface area contributed by atoms with Gasteiger partial charge in [-0.1, -0.05) is 31.5 Å². The number of rotatable bonds is 6. The Kier molecular flexibility index (Phi) is 6.62. The van der Waals surface area contributed by atoms with Gasteiger partial charge in [0.1, 0.15) is 5.69 Å². The van der Waals surface area contributed by atoms with Gasteiger partial charge < -0.3 is 15.6 Å². The first-order valence-electron chi connectivity index (χ1n) is 8.83. The molecule has 0 aliphatic carbocycles. The lowest BCUT2D eigenvalue weighted by Gasteiger charge is -2.08. The molecule has 140 valence electrons. The van der Waals surface area contributed by atoms with Gasteiger partial charge in [-0.25, -0.2) is 0 Å². The number of amides is 1. The maximum atomic E-state index is 12.7. The maximum Gasteiger partial charge on any atom is 0.268 e. The fraction of sp³-hybridized carbons (Fsp3) is 0.400. The van der Waals surface area contributed by atoms with Crippen molar-refractivity contribution >= 4 is 24.1 Å². The predicted molar refractivity (Wildman–Crippen MR) is 105 cm³/mol. The average Bonchev–Trinajstić information content (AvgIpc) is 3.16. The number of carbonyl (C=O) groups excluding carboxylic acids is 2. The molecule has 26 heavy (non-hydrogen) atoms. The third-order valence-electron chi connectivity index (χ3n) is 4.72. The Balaban J connectivity index is 0.00000243. The highest BCUT2D eigenvalue weighted by atomic mass is 35.5. The number of hydrogen-bond donors (Lipinski definition) is 3. The number of aryl methyl sites for hydroxylation is 1. The zero-order valence-electron chi connectivity index (χ0n) is 15.5. The zero-order valence-corrected chi connectivity index (χ0v) is 16.3. The van der Waals surface area contributed by atoms with E-state index in [0.29, 0.717) is 24.2 Å². The lowest BCUT2D eigenvalue weighted by atomic mass is 10.0. The van der Waals surface area contributed by atoms with Gasteiger partial charge in [0.05, 0.1) is 0 Å². The third-order valence-corrected chi connectivity index (χ3v) is 4.72. The number of aromatic nitrogens is 1. The predicted octanol–water partition coefficient (Wildman–Crippen LogP) is 3.43. The summed E-state index contributed by atoms with van der Waals surface area (Å²) in [6, 6.07) is 6.32. The van der Waals surface area contributed by atoms with Crippen molar-refractivity contribution in [2.45, 2.75) is 53.2 Å². The molecule has 2 aromatic rings. The van der Waals surface area contributed by atoms with E-state index in [0.717, 1.165) is 36.3 Å². The van der Waals surface area contributed by atoms with Gasteiger partial charge in [-0.2, -0.15) is 0 Å². The van der Waals surface area contributed by atoms with E-state index in [1.54, 1.807) is 6.92 Å². The minimum Gasteiger partial charge on any atom is -0.354 e. The molecule has 1 aromatic heterocycles. The zero-order chi connectivity index (χ0) is 18.0. The fourth-order valence-corrected chi connectivity index (χ4v) is 3.58. The molecule has 1 amide bonds. The lowest BCUT2D eigenvalue weighted by molar-refractivity contribution is 0.0945. The van der Waals surface area contributed by atoms with Gasteiger partial charge in [0.15, 0.2) is 5.78 Å². The largest absolute Gasteiger partial charge is 0.354 e. The van der Waals surface area contributed by atoms with Crippen LogP contribution in [0.1, 0.15) is 69.1 Å². The van der Waals surface area contributed by atoms with Crippen LogP contribution in [0, 0.1) is 6.92 Å². The second-order valence-corrected chi connectivity index (χ2v) is 6.67. The summed E-state index contributed by atoms with van der Waals surface area (Å²) in [6.07, 6.45) is 1.60. The molecule has 0 spiro atoms. The van der Waals surface area contributed by atoms with Gasteiger partial charge in [-0.15, -0.1) is 12.4 Å². The molecule has 1 aliphatic heterocycles. The van der Waals surface area contributed by atoms with Crippen molar-refractivity contribution in [3.05, 3.63) is 57.4 Å². The Bertz CT molecular complexity index is 827. The van der Waals surface area contributed by atoms with Gasteiger partial charge in [-0.05, 0) is 42.5 Å². The lowest BCUT2D eigenvalue weighted by Crippen LogP contribution is -2.24. The van der Waals surface area contributed by atoms with Crippen LogP contribution in [0.25, 0.3) is 0 Å². The number of Topliss-reactive ketones (excluding diaryl/α,β-unsaturated/α-hetero) is 1. The van der Waals surface area contributed by atoms with E-state index in [9.17, 15) is 9.59 Å². The Morgan fingerprint density at radius 3 is 2.62 bits per heavy atom. The summed E-state index contributed by atoms with van der Waals surface area (Å²) >= 11 is 0. The summed E-state index contributed by atoms with van der Waals surface area (Å²) in [7, 11) is 0. The number of fused-ring (bicyclic) bond motifs is 1. The second kappa shape index (κ2) is 8.52. The second-order valence-electron chi connectivity index (χ2n) is 6.67. The monoisotopic (exact) mass is 375 g/mol. The van der Waals surface area contributed by atoms with Gasteiger partial charge in [0, 0.05) is 30.9 Å². The molecular formula is C20H26ClN3O2. The molecule has 1 aromatic carbocycles. The number of hydrogen-bond acceptors (Lipinski definition) is 3. The van der Waals surface area contributed by atoms with Gasteiger partial charge in [0.2, 0.25) is 0 Å². The van der Waals surface area contributed by atoms with Gasteiger partial charge in [0.25, 0.3) is 5.91 Å². The molecule has 0 atom stereocenters. The van der Waals surface area contributed by atoms with Crippen LogP contribution in [0.2, 0.25) is 0 Å². The fourth-order valence-electron chi connectivity index (χ4n) is 3.58. The van der Waals surface area contributed by atoms with E-state index in [2.05, 4.69) is 33.8 Å². The van der Waals surface area contributed by atoms with Crippen molar-refractivity contribution < 1.29 is 9.59 Å². The summed E-state index contributed by atoms with van der Waals surface area (Å²) in [6.45, 7) is 7.72. The summed E-state index contributed by atoms with van der Waals surface area (Å²) in [5, 5.41) is 6.31. The van der Waals surface area contributed by atoms with Crippen molar-refractivity contribution in [1.29, 1.82) is 0 Å². The molecule has 2 heterocycles. The molecule has 6 heteroatoms. The first-order valence-corrected chi connectivity index (χ1v) is 8.83. The topological polar surface area (TPSA) is 74.0 Å². The Hall–Kier alpha value is -2.11. The van der Waals surface area contributed by atoms with Crippen LogP contribution in [-0.2, 0) is 26.1 Å². The number of H-pyrrole nitrogens is 1. The molecule has 1 aliphatic rings. The van der Waals surface area contributed by atoms with Crippen LogP contribution in [0.5, 0.6) is 0 Å². The molecule has 0 saturated carbocycles. The van der Waals surface area contributed by atoms with E-state index in [4.69, 9.17) is 0 Å². The van der Waals surface area contributed by atoms with E-state index >= 15 is 0 Å². The van der Waals surface area contributed by atoms with E-state index in [1.165, 1.54) is 11.1 Å². The first-order chi connectivity index (χ1) is 12.0. The summed E-state index contributed by atoms with van der Waals surface area (Å²) in [5.74, 6) is -0.153. The Morgan fingerprint density at radius 2 is 1.92 bits per heavy atom. The Morgan fingerprint density at radius 1 is 1.19 bits per heavy atom. The van der Waals surface area contributed by atoms with Gasteiger partial charge >= 0.3 is 0 Å². The van der Waals surface area contributed by atoms with E-state index < -0.39 is 0 Å². The van der Waals surface area contributed by atoms with E-state index in [1.807, 2.05) is 13.8 Å². The van der Waals surface area contributed by atoms with Crippen molar-refractivity contribution in [2.24, 2.45) is 0 Å². The smallest absolute Gasteiger partial charge is 0.268 e. The number of carbonyl (C=O) groups is 2. The normalized spacial score (nSPS) is 12.4. The van der Waals surface area contributed by atoms with Crippen LogP contribution in [-0.4, -0.2) is 16.7 Å². The number of halogens is 1. The molecule has 3 rings (SSSR count). The van der Waals surface area contributed by atoms with Crippen molar-refractivity contribution in [3.8, 4) is 0 Å². The quantitative estimate of drug-likeness (QED) is 0.677. The van der Waals surface area contributed by atoms with Crippen molar-refractivity contribution in [1.82, 2.24) is 15.6 Å². The highest BCUT2D eigenvalue weighted by Crippen LogP contribution is 2.22. The van der Waals surface area contributed by atoms with Crippen LogP contribution < -0.4 is 10.6 Å². The third kappa shape index (κ3) is 4.00. The molecule has 0 unspecified atom stereocenters. The molecule has 5 nitrogen and oxygen atoms in total. The number of benzene rings is 1. The minimum atomic E-state index is -0.155. The molecular weight excluding hydrogens is 350 g/mol. The number of ketones is 1. The molecule has 0 fully saturated rings. The molecule has 0 radical (unpaired) electrons. The van der Waals surface area contributed by atoms with Crippen molar-refractivity contribution in [3.63, 3.8) is 0 Å². The molecule has 0 saturated heterocycles. The SMILES string of the molecule is CCCc1c(C(=O)NCc2ccc3c(c2)CNC3)[nH]c(C)c1C(C)=O.Cl. The number of nitrogens with one attached hydrogen (secondary N) is 3. The standard InChI is InChI=1S/C20H25N3O2.ClH/c1-4-5-17-18(13(3)24)12(2)23-19(17)20(25)22-9-14-6-7-15-10-21-11-16(15)8-14;/h6-8,21,23H,4-5,9-11H2,1-3H3,(H,22,25);1H. The number of aromatic amines is 1. The van der Waals surface area contributed by atoms with Gasteiger partial charge in [-0.3, -0.25) is 9.59 Å². The minimum absolute atomic E-state index is 0. The van der Waals surface area contributed by atoms with Crippen LogP contribution in [0.3, 0.4) is 0 Å². The van der Waals surface area contributed by atoms with Crippen molar-refractivity contribution in [2.75, 3.05) is 0 Å². The summed E-state index contributed by atoms with van der Waals surface area (Å²) in [4.78, 5) is 27.7. The van der Waals surface area contributed by atoms with Crippen LogP contribution in [0.15, 0.2) is 18.2 Å². The summed E-state index contributed by atoms with van der Waals surface area (Å²) < 4.78 is 0. The summed E-state index contributed by atoms with van der Waals surface area (Å²) in [5.41, 5.74) is 6.50. The highest BCUT2D eigenvalue weighted by molar-refractivity contribution is 6.02. The maximum absolute atomic E-state index is 12.7. The first kappa shape index (κ1) is 20.2. The molecule has 0 bridgehead atoms. The highest BCUT2D eigenvalue weighted by Gasteiger charge is 2.22. The molecule has 3 N–H and O–H groups in total. The average molecular weight is 376 g/mol. The Labute approximate surface area is 160 Å². The van der Waals surface area contributed by atoms with Crippen LogP contribution in [0.4, 0.5) is 0 Å². The van der Waals surface area contributed by atoms with Crippen LogP contribution >= 0.6 is 12.4 Å².